The van der Waals surface area contributed by atoms with Crippen LogP contribution in [0.25, 0.3) is 0 Å². The first-order valence-corrected chi connectivity index (χ1v) is 7.47. The summed E-state index contributed by atoms with van der Waals surface area (Å²) < 4.78 is 5.41. The van der Waals surface area contributed by atoms with Gasteiger partial charge in [-0.1, -0.05) is 43.0 Å². The number of benzene rings is 1. The second-order valence-electron chi connectivity index (χ2n) is 5.57. The van der Waals surface area contributed by atoms with Crippen molar-refractivity contribution in [3.05, 3.63) is 28.8 Å². The molecule has 0 aliphatic heterocycles. The Labute approximate surface area is 129 Å². The van der Waals surface area contributed by atoms with Gasteiger partial charge in [0, 0.05) is 17.4 Å². The predicted octanol–water partition coefficient (Wildman–Crippen LogP) is 3.59. The number of hydrogen-bond acceptors (Lipinski definition) is 3. The van der Waals surface area contributed by atoms with Crippen LogP contribution in [0.15, 0.2) is 18.2 Å². The van der Waals surface area contributed by atoms with Gasteiger partial charge in [-0.2, -0.15) is 0 Å². The minimum absolute atomic E-state index is 0.000957. The van der Waals surface area contributed by atoms with Gasteiger partial charge < -0.3 is 9.84 Å². The van der Waals surface area contributed by atoms with E-state index in [1.807, 2.05) is 12.1 Å². The van der Waals surface area contributed by atoms with Crippen molar-refractivity contribution >= 4 is 23.4 Å². The Morgan fingerprint density at radius 3 is 2.52 bits per heavy atom. The zero-order chi connectivity index (χ0) is 15.5. The predicted molar refractivity (Wildman–Crippen MR) is 80.0 cm³/mol. The maximum absolute atomic E-state index is 11.8. The summed E-state index contributed by atoms with van der Waals surface area (Å²) in [7, 11) is 1.54. The first-order chi connectivity index (χ1) is 10.00. The molecule has 5 heteroatoms. The number of carbonyl (C=O) groups excluding carboxylic acids is 1. The van der Waals surface area contributed by atoms with Crippen LogP contribution in [0.2, 0.25) is 5.02 Å². The lowest BCUT2D eigenvalue weighted by atomic mass is 9.66. The monoisotopic (exact) mass is 310 g/mol. The van der Waals surface area contributed by atoms with Gasteiger partial charge in [-0.05, 0) is 18.9 Å². The first-order valence-electron chi connectivity index (χ1n) is 7.09. The molecule has 0 saturated heterocycles. The molecule has 21 heavy (non-hydrogen) atoms. The van der Waals surface area contributed by atoms with Gasteiger partial charge in [-0.25, -0.2) is 4.79 Å². The smallest absolute Gasteiger partial charge is 0.372 e. The number of halogens is 1. The largest absolute Gasteiger partial charge is 0.495 e. The summed E-state index contributed by atoms with van der Waals surface area (Å²) in [6, 6.07) is 5.45. The highest BCUT2D eigenvalue weighted by Gasteiger charge is 2.39. The number of aliphatic carboxylic acids is 1. The summed E-state index contributed by atoms with van der Waals surface area (Å²) in [6.07, 6.45) is 4.61. The lowest BCUT2D eigenvalue weighted by Crippen LogP contribution is -2.34. The quantitative estimate of drug-likeness (QED) is 0.844. The molecule has 0 spiro atoms. The van der Waals surface area contributed by atoms with Crippen LogP contribution in [0.3, 0.4) is 0 Å². The van der Waals surface area contributed by atoms with Crippen molar-refractivity contribution in [2.24, 2.45) is 0 Å². The number of ketones is 1. The molecule has 1 N–H and O–H groups in total. The number of para-hydroxylation sites is 1. The maximum Gasteiger partial charge on any atom is 0.372 e. The molecule has 0 unspecified atom stereocenters. The van der Waals surface area contributed by atoms with Gasteiger partial charge in [0.15, 0.2) is 0 Å². The number of rotatable bonds is 5. The third-order valence-corrected chi connectivity index (χ3v) is 4.59. The van der Waals surface area contributed by atoms with Gasteiger partial charge in [0.2, 0.25) is 5.78 Å². The second kappa shape index (κ2) is 6.48. The fourth-order valence-corrected chi connectivity index (χ4v) is 3.54. The molecule has 1 fully saturated rings. The number of Topliss-reactive ketones (excluding diaryl/α,β-unsaturated/α-hetero) is 1. The standard InChI is InChI=1S/C16H19ClO4/c1-21-14-11(6-5-7-12(14)17)16(8-3-2-4-9-16)10-13(18)15(19)20/h5-7H,2-4,8-10H2,1H3,(H,19,20). The SMILES string of the molecule is COc1c(Cl)cccc1C1(CC(=O)C(=O)O)CCCCC1. The number of carboxylic acids is 1. The van der Waals surface area contributed by atoms with E-state index in [2.05, 4.69) is 0 Å². The molecule has 0 radical (unpaired) electrons. The molecule has 1 saturated carbocycles. The van der Waals surface area contributed by atoms with Crippen molar-refractivity contribution in [1.29, 1.82) is 0 Å². The van der Waals surface area contributed by atoms with Crippen LogP contribution in [0.4, 0.5) is 0 Å². The Kier molecular flexibility index (Phi) is 4.88. The van der Waals surface area contributed by atoms with E-state index in [1.165, 1.54) is 0 Å². The molecule has 1 aliphatic rings. The summed E-state index contributed by atoms with van der Waals surface area (Å²) in [4.78, 5) is 22.8. The van der Waals surface area contributed by atoms with Crippen LogP contribution in [-0.2, 0) is 15.0 Å². The minimum atomic E-state index is -1.37. The van der Waals surface area contributed by atoms with Gasteiger partial charge in [0.05, 0.1) is 12.1 Å². The molecule has 0 bridgehead atoms. The lowest BCUT2D eigenvalue weighted by molar-refractivity contribution is -0.149. The number of carbonyl (C=O) groups is 2. The molecule has 0 atom stereocenters. The van der Waals surface area contributed by atoms with Crippen molar-refractivity contribution in [3.63, 3.8) is 0 Å². The highest BCUT2D eigenvalue weighted by atomic mass is 35.5. The van der Waals surface area contributed by atoms with Crippen molar-refractivity contribution in [3.8, 4) is 5.75 Å². The zero-order valence-electron chi connectivity index (χ0n) is 12.0. The average molecular weight is 311 g/mol. The summed E-state index contributed by atoms with van der Waals surface area (Å²) in [5.74, 6) is -1.57. The van der Waals surface area contributed by atoms with Crippen LogP contribution in [-0.4, -0.2) is 24.0 Å². The molecule has 0 heterocycles. The molecular weight excluding hydrogens is 292 g/mol. The molecule has 2 rings (SSSR count). The summed E-state index contributed by atoms with van der Waals surface area (Å²) >= 11 is 6.18. The fraction of sp³-hybridized carbons (Fsp3) is 0.500. The average Bonchev–Trinajstić information content (AvgIpc) is 2.47. The van der Waals surface area contributed by atoms with Crippen LogP contribution in [0.1, 0.15) is 44.1 Å². The van der Waals surface area contributed by atoms with E-state index < -0.39 is 17.2 Å². The van der Waals surface area contributed by atoms with Gasteiger partial charge in [0.25, 0.3) is 0 Å². The van der Waals surface area contributed by atoms with Crippen molar-refractivity contribution in [1.82, 2.24) is 0 Å². The number of hydrogen-bond donors (Lipinski definition) is 1. The van der Waals surface area contributed by atoms with E-state index in [9.17, 15) is 9.59 Å². The molecule has 0 amide bonds. The Morgan fingerprint density at radius 1 is 1.29 bits per heavy atom. The number of ether oxygens (including phenoxy) is 1. The van der Waals surface area contributed by atoms with Crippen LogP contribution in [0.5, 0.6) is 5.75 Å². The van der Waals surface area contributed by atoms with E-state index in [4.69, 9.17) is 21.4 Å². The van der Waals surface area contributed by atoms with Crippen LogP contribution < -0.4 is 4.74 Å². The van der Waals surface area contributed by atoms with Crippen molar-refractivity contribution in [2.75, 3.05) is 7.11 Å². The normalized spacial score (nSPS) is 17.2. The Hall–Kier alpha value is -1.55. The fourth-order valence-electron chi connectivity index (χ4n) is 3.29. The van der Waals surface area contributed by atoms with E-state index in [1.54, 1.807) is 13.2 Å². The molecule has 1 aromatic rings. The molecular formula is C16H19ClO4. The summed E-state index contributed by atoms with van der Waals surface area (Å²) in [5.41, 5.74) is 0.371. The van der Waals surface area contributed by atoms with E-state index >= 15 is 0 Å². The first kappa shape index (κ1) is 15.8. The number of carboxylic acid groups (broad SMARTS) is 1. The van der Waals surface area contributed by atoms with Crippen molar-refractivity contribution in [2.45, 2.75) is 43.9 Å². The van der Waals surface area contributed by atoms with Gasteiger partial charge >= 0.3 is 5.97 Å². The molecule has 114 valence electrons. The summed E-state index contributed by atoms with van der Waals surface area (Å²) in [5, 5.41) is 9.44. The molecule has 1 aromatic carbocycles. The second-order valence-corrected chi connectivity index (χ2v) is 5.97. The highest BCUT2D eigenvalue weighted by Crippen LogP contribution is 2.47. The number of methoxy groups -OCH3 is 1. The van der Waals surface area contributed by atoms with Crippen LogP contribution in [0, 0.1) is 0 Å². The molecule has 1 aliphatic carbocycles. The van der Waals surface area contributed by atoms with E-state index in [0.717, 1.165) is 37.7 Å². The summed E-state index contributed by atoms with van der Waals surface area (Å²) in [6.45, 7) is 0. The van der Waals surface area contributed by atoms with E-state index in [0.29, 0.717) is 10.8 Å². The molecule has 4 nitrogen and oxygen atoms in total. The van der Waals surface area contributed by atoms with Crippen LogP contribution >= 0.6 is 11.6 Å². The molecule has 0 aromatic heterocycles. The topological polar surface area (TPSA) is 63.6 Å². The highest BCUT2D eigenvalue weighted by molar-refractivity contribution is 6.33. The van der Waals surface area contributed by atoms with E-state index in [-0.39, 0.29) is 6.42 Å². The van der Waals surface area contributed by atoms with Gasteiger partial charge in [0.1, 0.15) is 5.75 Å². The Bertz CT molecular complexity index is 547. The van der Waals surface area contributed by atoms with Gasteiger partial charge in [-0.3, -0.25) is 4.79 Å². The van der Waals surface area contributed by atoms with Crippen molar-refractivity contribution < 1.29 is 19.4 Å². The Balaban J connectivity index is 2.47. The van der Waals surface area contributed by atoms with Gasteiger partial charge in [-0.15, -0.1) is 0 Å². The third-order valence-electron chi connectivity index (χ3n) is 4.29. The minimum Gasteiger partial charge on any atom is -0.495 e. The Morgan fingerprint density at radius 2 is 1.95 bits per heavy atom. The maximum atomic E-state index is 11.8. The third kappa shape index (κ3) is 3.21. The lowest BCUT2D eigenvalue weighted by Gasteiger charge is -2.38. The zero-order valence-corrected chi connectivity index (χ0v) is 12.8.